The van der Waals surface area contributed by atoms with E-state index < -0.39 is 0 Å². The van der Waals surface area contributed by atoms with E-state index in [4.69, 9.17) is 11.6 Å². The van der Waals surface area contributed by atoms with Gasteiger partial charge in [0.15, 0.2) is 5.15 Å². The molecule has 106 valence electrons. The van der Waals surface area contributed by atoms with Gasteiger partial charge in [-0.3, -0.25) is 9.78 Å². The van der Waals surface area contributed by atoms with Crippen LogP contribution in [0.2, 0.25) is 5.15 Å². The molecule has 0 bridgehead atoms. The number of nitrogens with zero attached hydrogens (tertiary/aromatic N) is 4. The summed E-state index contributed by atoms with van der Waals surface area (Å²) in [5.74, 6) is 0.810. The Bertz CT molecular complexity index is 587. The van der Waals surface area contributed by atoms with E-state index in [2.05, 4.69) is 10.1 Å². The fraction of sp³-hybridized carbons (Fsp3) is 0.308. The lowest BCUT2D eigenvalue weighted by molar-refractivity contribution is -0.117. The van der Waals surface area contributed by atoms with Crippen molar-refractivity contribution in [2.45, 2.75) is 6.42 Å². The van der Waals surface area contributed by atoms with Gasteiger partial charge < -0.3 is 4.90 Å². The summed E-state index contributed by atoms with van der Waals surface area (Å²) >= 11 is 7.76. The molecule has 2 rings (SSSR count). The van der Waals surface area contributed by atoms with Crippen molar-refractivity contribution in [3.8, 4) is 5.69 Å². The van der Waals surface area contributed by atoms with E-state index in [0.29, 0.717) is 17.3 Å². The molecule has 0 saturated carbocycles. The SMILES string of the molecule is CSCCC(=O)N(C)c1cn(-c2cccnc2)nc1Cl. The minimum Gasteiger partial charge on any atom is -0.311 e. The smallest absolute Gasteiger partial charge is 0.227 e. The second kappa shape index (κ2) is 6.76. The number of thioether (sulfide) groups is 1. The first-order chi connectivity index (χ1) is 9.63. The Morgan fingerprint density at radius 2 is 2.35 bits per heavy atom. The van der Waals surface area contributed by atoms with Crippen molar-refractivity contribution in [3.63, 3.8) is 0 Å². The van der Waals surface area contributed by atoms with Crippen molar-refractivity contribution in [3.05, 3.63) is 35.9 Å². The van der Waals surface area contributed by atoms with E-state index in [0.717, 1.165) is 11.4 Å². The maximum atomic E-state index is 12.0. The van der Waals surface area contributed by atoms with E-state index in [1.165, 1.54) is 0 Å². The number of hydrogen-bond donors (Lipinski definition) is 0. The summed E-state index contributed by atoms with van der Waals surface area (Å²) in [6, 6.07) is 3.69. The van der Waals surface area contributed by atoms with Gasteiger partial charge in [0.1, 0.15) is 5.69 Å². The molecule has 5 nitrogen and oxygen atoms in total. The molecular formula is C13H15ClN4OS. The molecular weight excluding hydrogens is 296 g/mol. The minimum atomic E-state index is 0.0204. The van der Waals surface area contributed by atoms with Crippen molar-refractivity contribution < 1.29 is 4.79 Å². The number of anilines is 1. The Labute approximate surface area is 126 Å². The maximum Gasteiger partial charge on any atom is 0.227 e. The number of carbonyl (C=O) groups is 1. The molecule has 2 heterocycles. The van der Waals surface area contributed by atoms with Gasteiger partial charge in [0.05, 0.1) is 18.1 Å². The van der Waals surface area contributed by atoms with Gasteiger partial charge in [-0.1, -0.05) is 11.6 Å². The monoisotopic (exact) mass is 310 g/mol. The van der Waals surface area contributed by atoms with Crippen LogP contribution in [0, 0.1) is 0 Å². The van der Waals surface area contributed by atoms with Crippen LogP contribution in [-0.4, -0.2) is 39.7 Å². The molecule has 0 aromatic carbocycles. The number of carbonyl (C=O) groups excluding carboxylic acids is 1. The number of rotatable bonds is 5. The summed E-state index contributed by atoms with van der Waals surface area (Å²) in [5.41, 5.74) is 1.40. The number of hydrogen-bond acceptors (Lipinski definition) is 4. The molecule has 7 heteroatoms. The van der Waals surface area contributed by atoms with E-state index in [1.54, 1.807) is 47.0 Å². The Morgan fingerprint density at radius 3 is 3.00 bits per heavy atom. The first-order valence-electron chi connectivity index (χ1n) is 6.04. The quantitative estimate of drug-likeness (QED) is 0.852. The number of halogens is 1. The molecule has 0 unspecified atom stereocenters. The standard InChI is InChI=1S/C13H15ClN4OS/c1-17(12(19)5-7-20-2)11-9-18(16-13(11)14)10-4-3-6-15-8-10/h3-4,6,8-9H,5,7H2,1-2H3. The maximum absolute atomic E-state index is 12.0. The molecule has 20 heavy (non-hydrogen) atoms. The van der Waals surface area contributed by atoms with Crippen LogP contribution in [-0.2, 0) is 4.79 Å². The van der Waals surface area contributed by atoms with Crippen LogP contribution < -0.4 is 4.90 Å². The fourth-order valence-electron chi connectivity index (χ4n) is 1.68. The molecule has 0 aliphatic rings. The van der Waals surface area contributed by atoms with Crippen LogP contribution >= 0.6 is 23.4 Å². The van der Waals surface area contributed by atoms with Gasteiger partial charge in [-0.25, -0.2) is 4.68 Å². The van der Waals surface area contributed by atoms with Crippen LogP contribution in [0.4, 0.5) is 5.69 Å². The summed E-state index contributed by atoms with van der Waals surface area (Å²) in [7, 11) is 1.71. The molecule has 2 aromatic rings. The van der Waals surface area contributed by atoms with Crippen LogP contribution in [0.25, 0.3) is 5.69 Å². The second-order valence-electron chi connectivity index (χ2n) is 4.16. The van der Waals surface area contributed by atoms with Gasteiger partial charge in [-0.2, -0.15) is 16.9 Å². The number of pyridine rings is 1. The summed E-state index contributed by atoms with van der Waals surface area (Å²) in [5, 5.41) is 4.51. The van der Waals surface area contributed by atoms with Crippen molar-refractivity contribution in [2.24, 2.45) is 0 Å². The zero-order chi connectivity index (χ0) is 14.5. The largest absolute Gasteiger partial charge is 0.311 e. The van der Waals surface area contributed by atoms with Gasteiger partial charge in [-0.05, 0) is 18.4 Å². The van der Waals surface area contributed by atoms with Crippen LogP contribution in [0.1, 0.15) is 6.42 Å². The van der Waals surface area contributed by atoms with Crippen molar-refractivity contribution >= 4 is 35.0 Å². The highest BCUT2D eigenvalue weighted by Crippen LogP contribution is 2.25. The Morgan fingerprint density at radius 1 is 1.55 bits per heavy atom. The van der Waals surface area contributed by atoms with E-state index in [1.807, 2.05) is 18.4 Å². The van der Waals surface area contributed by atoms with Crippen LogP contribution in [0.5, 0.6) is 0 Å². The minimum absolute atomic E-state index is 0.0204. The topological polar surface area (TPSA) is 51.0 Å². The third-order valence-electron chi connectivity index (χ3n) is 2.82. The average molecular weight is 311 g/mol. The lowest BCUT2D eigenvalue weighted by Crippen LogP contribution is -2.26. The Hall–Kier alpha value is -1.53. The number of amides is 1. The Balaban J connectivity index is 2.21. The predicted molar refractivity (Wildman–Crippen MR) is 82.8 cm³/mol. The van der Waals surface area contributed by atoms with Crippen molar-refractivity contribution in [1.82, 2.24) is 14.8 Å². The second-order valence-corrected chi connectivity index (χ2v) is 5.50. The fourth-order valence-corrected chi connectivity index (χ4v) is 2.32. The van der Waals surface area contributed by atoms with Gasteiger partial charge in [-0.15, -0.1) is 0 Å². The average Bonchev–Trinajstić information content (AvgIpc) is 2.87. The third-order valence-corrected chi connectivity index (χ3v) is 3.70. The van der Waals surface area contributed by atoms with Crippen LogP contribution in [0.15, 0.2) is 30.7 Å². The zero-order valence-electron chi connectivity index (χ0n) is 11.3. The highest BCUT2D eigenvalue weighted by Gasteiger charge is 2.17. The van der Waals surface area contributed by atoms with Crippen molar-refractivity contribution in [2.75, 3.05) is 24.0 Å². The van der Waals surface area contributed by atoms with Gasteiger partial charge in [0, 0.05) is 25.4 Å². The van der Waals surface area contributed by atoms with E-state index >= 15 is 0 Å². The molecule has 0 N–H and O–H groups in total. The molecule has 0 radical (unpaired) electrons. The van der Waals surface area contributed by atoms with E-state index in [-0.39, 0.29) is 5.91 Å². The molecule has 2 aromatic heterocycles. The zero-order valence-corrected chi connectivity index (χ0v) is 12.9. The normalized spacial score (nSPS) is 10.6. The predicted octanol–water partition coefficient (Wildman–Crippen LogP) is 2.64. The van der Waals surface area contributed by atoms with Crippen molar-refractivity contribution in [1.29, 1.82) is 0 Å². The lowest BCUT2D eigenvalue weighted by Gasteiger charge is -2.14. The number of aromatic nitrogens is 3. The molecule has 0 saturated heterocycles. The first-order valence-corrected chi connectivity index (χ1v) is 7.81. The highest BCUT2D eigenvalue weighted by molar-refractivity contribution is 7.98. The summed E-state index contributed by atoms with van der Waals surface area (Å²) in [4.78, 5) is 17.6. The third kappa shape index (κ3) is 3.32. The Kier molecular flexibility index (Phi) is 5.03. The summed E-state index contributed by atoms with van der Waals surface area (Å²) in [6.07, 6.45) is 7.55. The molecule has 0 spiro atoms. The van der Waals surface area contributed by atoms with Gasteiger partial charge in [0.25, 0.3) is 0 Å². The summed E-state index contributed by atoms with van der Waals surface area (Å²) < 4.78 is 1.61. The lowest BCUT2D eigenvalue weighted by atomic mass is 10.4. The summed E-state index contributed by atoms with van der Waals surface area (Å²) in [6.45, 7) is 0. The molecule has 0 atom stereocenters. The molecule has 0 aliphatic heterocycles. The molecule has 1 amide bonds. The molecule has 0 fully saturated rings. The highest BCUT2D eigenvalue weighted by atomic mass is 35.5. The van der Waals surface area contributed by atoms with E-state index in [9.17, 15) is 4.79 Å². The van der Waals surface area contributed by atoms with Crippen LogP contribution in [0.3, 0.4) is 0 Å². The van der Waals surface area contributed by atoms with Gasteiger partial charge >= 0.3 is 0 Å². The van der Waals surface area contributed by atoms with Gasteiger partial charge in [0.2, 0.25) is 5.91 Å². The first kappa shape index (κ1) is 14.9. The molecule has 0 aliphatic carbocycles.